The van der Waals surface area contributed by atoms with Crippen molar-refractivity contribution in [1.82, 2.24) is 9.55 Å². The minimum atomic E-state index is 0.358. The zero-order valence-electron chi connectivity index (χ0n) is 12.5. The van der Waals surface area contributed by atoms with Crippen LogP contribution in [-0.2, 0) is 4.74 Å². The van der Waals surface area contributed by atoms with Crippen LogP contribution in [0, 0.1) is 6.92 Å². The second-order valence-electron chi connectivity index (χ2n) is 5.64. The highest BCUT2D eigenvalue weighted by molar-refractivity contribution is 5.31. The highest BCUT2D eigenvalue weighted by Crippen LogP contribution is 2.32. The fourth-order valence-electron chi connectivity index (χ4n) is 3.01. The van der Waals surface area contributed by atoms with E-state index in [1.54, 1.807) is 7.11 Å². The molecule has 1 aromatic heterocycles. The summed E-state index contributed by atoms with van der Waals surface area (Å²) < 4.78 is 7.65. The molecule has 4 heteroatoms. The molecular weight excluding hydrogens is 238 g/mol. The van der Waals surface area contributed by atoms with E-state index in [2.05, 4.69) is 34.9 Å². The van der Waals surface area contributed by atoms with Crippen LogP contribution in [0.1, 0.15) is 57.2 Å². The maximum Gasteiger partial charge on any atom is 0.203 e. The molecule has 1 saturated carbocycles. The predicted octanol–water partition coefficient (Wildman–Crippen LogP) is 3.53. The normalized spacial score (nSPS) is 17.8. The first-order chi connectivity index (χ1) is 9.24. The lowest BCUT2D eigenvalue weighted by molar-refractivity contribution is 0.182. The third kappa shape index (κ3) is 3.72. The highest BCUT2D eigenvalue weighted by Gasteiger charge is 2.21. The molecule has 1 N–H and O–H groups in total. The van der Waals surface area contributed by atoms with Gasteiger partial charge in [0.1, 0.15) is 0 Å². The lowest BCUT2D eigenvalue weighted by Gasteiger charge is -2.21. The fourth-order valence-corrected chi connectivity index (χ4v) is 3.01. The van der Waals surface area contributed by atoms with E-state index in [4.69, 9.17) is 4.74 Å². The molecule has 0 saturated heterocycles. The van der Waals surface area contributed by atoms with Crippen molar-refractivity contribution in [1.29, 1.82) is 0 Å². The van der Waals surface area contributed by atoms with Crippen molar-refractivity contribution in [2.24, 2.45) is 0 Å². The second kappa shape index (κ2) is 6.94. The predicted molar refractivity (Wildman–Crippen MR) is 78.7 cm³/mol. The molecule has 0 amide bonds. The van der Waals surface area contributed by atoms with Gasteiger partial charge in [0.2, 0.25) is 5.95 Å². The van der Waals surface area contributed by atoms with Gasteiger partial charge in [0.05, 0.1) is 18.3 Å². The van der Waals surface area contributed by atoms with Crippen LogP contribution in [0.3, 0.4) is 0 Å². The van der Waals surface area contributed by atoms with Crippen LogP contribution >= 0.6 is 0 Å². The van der Waals surface area contributed by atoms with Gasteiger partial charge in [0.25, 0.3) is 0 Å². The van der Waals surface area contributed by atoms with Crippen LogP contribution in [-0.4, -0.2) is 29.3 Å². The Morgan fingerprint density at radius 2 is 2.21 bits per heavy atom. The summed E-state index contributed by atoms with van der Waals surface area (Å²) in [6, 6.07) is 0.991. The number of anilines is 1. The molecule has 1 aliphatic rings. The Bertz CT molecular complexity index is 377. The molecule has 0 bridgehead atoms. The summed E-state index contributed by atoms with van der Waals surface area (Å²) in [7, 11) is 1.76. The molecule has 4 nitrogen and oxygen atoms in total. The van der Waals surface area contributed by atoms with Crippen molar-refractivity contribution < 1.29 is 4.74 Å². The number of ether oxygens (including phenoxy) is 1. The van der Waals surface area contributed by atoms with Crippen LogP contribution in [0.4, 0.5) is 5.95 Å². The van der Waals surface area contributed by atoms with Crippen molar-refractivity contribution in [3.63, 3.8) is 0 Å². The van der Waals surface area contributed by atoms with Gasteiger partial charge in [-0.1, -0.05) is 26.2 Å². The number of hydrogen-bond donors (Lipinski definition) is 1. The van der Waals surface area contributed by atoms with Gasteiger partial charge < -0.3 is 14.6 Å². The minimum absolute atomic E-state index is 0.358. The smallest absolute Gasteiger partial charge is 0.203 e. The first kappa shape index (κ1) is 14.4. The van der Waals surface area contributed by atoms with Gasteiger partial charge in [0.15, 0.2) is 0 Å². The summed E-state index contributed by atoms with van der Waals surface area (Å²) >= 11 is 0. The molecule has 0 radical (unpaired) electrons. The van der Waals surface area contributed by atoms with E-state index in [1.165, 1.54) is 25.7 Å². The van der Waals surface area contributed by atoms with Gasteiger partial charge in [-0.2, -0.15) is 0 Å². The Kier molecular flexibility index (Phi) is 5.25. The van der Waals surface area contributed by atoms with Crippen molar-refractivity contribution >= 4 is 5.95 Å². The van der Waals surface area contributed by atoms with Crippen LogP contribution in [0.2, 0.25) is 0 Å². The zero-order valence-corrected chi connectivity index (χ0v) is 12.5. The molecule has 1 heterocycles. The van der Waals surface area contributed by atoms with Gasteiger partial charge in [-0.3, -0.25) is 0 Å². The van der Waals surface area contributed by atoms with E-state index in [9.17, 15) is 0 Å². The van der Waals surface area contributed by atoms with Gasteiger partial charge in [0, 0.05) is 19.3 Å². The van der Waals surface area contributed by atoms with E-state index in [0.29, 0.717) is 12.1 Å². The molecule has 108 valence electrons. The molecule has 1 aromatic rings. The molecule has 0 spiro atoms. The van der Waals surface area contributed by atoms with Crippen LogP contribution in [0.5, 0.6) is 0 Å². The third-order valence-corrected chi connectivity index (χ3v) is 3.91. The standard InChI is InChI=1S/C15H27N3O/c1-4-7-13(11-19-3)17-15-16-12(2)10-18(15)14-8-5-6-9-14/h10,13-14H,4-9,11H2,1-3H3,(H,16,17). The molecule has 2 rings (SSSR count). The van der Waals surface area contributed by atoms with E-state index in [-0.39, 0.29) is 0 Å². The molecule has 1 atom stereocenters. The van der Waals surface area contributed by atoms with E-state index < -0.39 is 0 Å². The summed E-state index contributed by atoms with van der Waals surface area (Å²) in [4.78, 5) is 4.66. The van der Waals surface area contributed by atoms with Crippen molar-refractivity contribution in [3.05, 3.63) is 11.9 Å². The highest BCUT2D eigenvalue weighted by atomic mass is 16.5. The molecule has 1 fully saturated rings. The lowest BCUT2D eigenvalue weighted by Crippen LogP contribution is -2.27. The van der Waals surface area contributed by atoms with E-state index in [0.717, 1.165) is 31.1 Å². The monoisotopic (exact) mass is 265 g/mol. The van der Waals surface area contributed by atoms with Crippen LogP contribution in [0.15, 0.2) is 6.20 Å². The molecule has 1 aliphatic carbocycles. The molecule has 19 heavy (non-hydrogen) atoms. The first-order valence-electron chi connectivity index (χ1n) is 7.55. The third-order valence-electron chi connectivity index (χ3n) is 3.91. The van der Waals surface area contributed by atoms with Crippen molar-refractivity contribution in [2.75, 3.05) is 19.0 Å². The summed E-state index contributed by atoms with van der Waals surface area (Å²) in [5.74, 6) is 1.03. The van der Waals surface area contributed by atoms with Gasteiger partial charge >= 0.3 is 0 Å². The number of rotatable bonds is 7. The average molecular weight is 265 g/mol. The average Bonchev–Trinajstić information content (AvgIpc) is 2.99. The number of aromatic nitrogens is 2. The van der Waals surface area contributed by atoms with Crippen molar-refractivity contribution in [2.45, 2.75) is 64.5 Å². The maximum atomic E-state index is 5.30. The van der Waals surface area contributed by atoms with Crippen molar-refractivity contribution in [3.8, 4) is 0 Å². The lowest BCUT2D eigenvalue weighted by atomic mass is 10.2. The molecule has 1 unspecified atom stereocenters. The van der Waals surface area contributed by atoms with Gasteiger partial charge in [-0.05, 0) is 26.2 Å². The Morgan fingerprint density at radius 3 is 2.84 bits per heavy atom. The number of nitrogens with one attached hydrogen (secondary N) is 1. The number of imidazole rings is 1. The number of aryl methyl sites for hydroxylation is 1. The second-order valence-corrected chi connectivity index (χ2v) is 5.64. The van der Waals surface area contributed by atoms with E-state index in [1.807, 2.05) is 0 Å². The minimum Gasteiger partial charge on any atom is -0.383 e. The number of methoxy groups -OCH3 is 1. The topological polar surface area (TPSA) is 39.1 Å². The fraction of sp³-hybridized carbons (Fsp3) is 0.800. The Labute approximate surface area is 116 Å². The molecular formula is C15H27N3O. The number of nitrogens with zero attached hydrogens (tertiary/aromatic N) is 2. The summed E-state index contributed by atoms with van der Waals surface area (Å²) in [5.41, 5.74) is 1.10. The Morgan fingerprint density at radius 1 is 1.47 bits per heavy atom. The largest absolute Gasteiger partial charge is 0.383 e. The summed E-state index contributed by atoms with van der Waals surface area (Å²) in [6.07, 6.45) is 9.72. The molecule has 0 aromatic carbocycles. The van der Waals surface area contributed by atoms with Gasteiger partial charge in [-0.15, -0.1) is 0 Å². The Hall–Kier alpha value is -1.03. The number of hydrogen-bond acceptors (Lipinski definition) is 3. The Balaban J connectivity index is 2.09. The zero-order chi connectivity index (χ0) is 13.7. The summed E-state index contributed by atoms with van der Waals surface area (Å²) in [5, 5.41) is 3.57. The SMILES string of the molecule is CCCC(COC)Nc1nc(C)cn1C1CCCC1. The maximum absolute atomic E-state index is 5.30. The van der Waals surface area contributed by atoms with E-state index >= 15 is 0 Å². The molecule has 0 aliphatic heterocycles. The van der Waals surface area contributed by atoms with Crippen LogP contribution < -0.4 is 5.32 Å². The quantitative estimate of drug-likeness (QED) is 0.819. The van der Waals surface area contributed by atoms with Gasteiger partial charge in [-0.25, -0.2) is 4.98 Å². The van der Waals surface area contributed by atoms with Crippen LogP contribution in [0.25, 0.3) is 0 Å². The summed E-state index contributed by atoms with van der Waals surface area (Å²) in [6.45, 7) is 5.02. The first-order valence-corrected chi connectivity index (χ1v) is 7.55.